The lowest BCUT2D eigenvalue weighted by Gasteiger charge is -2.08. The van der Waals surface area contributed by atoms with Crippen LogP contribution in [0.5, 0.6) is 0 Å². The van der Waals surface area contributed by atoms with Gasteiger partial charge in [-0.15, -0.1) is 0 Å². The first-order chi connectivity index (χ1) is 10.2. The number of anilines is 1. The molecule has 0 unspecified atom stereocenters. The molecule has 5 heteroatoms. The first-order valence-electron chi connectivity index (χ1n) is 6.51. The third-order valence-corrected chi connectivity index (χ3v) is 4.22. The van der Waals surface area contributed by atoms with Crippen LogP contribution in [0.3, 0.4) is 0 Å². The van der Waals surface area contributed by atoms with E-state index in [4.69, 9.17) is 5.73 Å². The lowest BCUT2D eigenvalue weighted by molar-refractivity contribution is 0.884. The zero-order chi connectivity index (χ0) is 14.4. The number of aromatic nitrogens is 3. The van der Waals surface area contributed by atoms with Gasteiger partial charge >= 0.3 is 0 Å². The summed E-state index contributed by atoms with van der Waals surface area (Å²) in [6.07, 6.45) is 3.62. The molecule has 0 fully saturated rings. The van der Waals surface area contributed by atoms with Crippen LogP contribution in [-0.4, -0.2) is 14.8 Å². The number of hydrogen-bond donors (Lipinski definition) is 1. The normalized spacial score (nSPS) is 11.3. The highest BCUT2D eigenvalue weighted by Gasteiger charge is 2.10. The summed E-state index contributed by atoms with van der Waals surface area (Å²) in [5.41, 5.74) is 7.57. The SMILES string of the molecule is Nc1ccc2cnn(-c3nccc4c(Br)cccc34)c2c1. The number of halogens is 1. The molecule has 102 valence electrons. The maximum absolute atomic E-state index is 5.90. The van der Waals surface area contributed by atoms with Crippen molar-refractivity contribution in [3.8, 4) is 5.82 Å². The molecule has 0 aliphatic heterocycles. The van der Waals surface area contributed by atoms with Crippen molar-refractivity contribution >= 4 is 43.3 Å². The van der Waals surface area contributed by atoms with Gasteiger partial charge in [0, 0.05) is 32.5 Å². The molecule has 0 saturated heterocycles. The lowest BCUT2D eigenvalue weighted by Crippen LogP contribution is -2.00. The number of fused-ring (bicyclic) bond motifs is 2. The lowest BCUT2D eigenvalue weighted by atomic mass is 10.1. The van der Waals surface area contributed by atoms with Gasteiger partial charge in [0.05, 0.1) is 11.7 Å². The Morgan fingerprint density at radius 2 is 1.95 bits per heavy atom. The second kappa shape index (κ2) is 4.56. The van der Waals surface area contributed by atoms with Gasteiger partial charge in [-0.2, -0.15) is 5.10 Å². The quantitative estimate of drug-likeness (QED) is 0.535. The molecule has 0 aliphatic rings. The molecule has 0 bridgehead atoms. The molecule has 4 aromatic rings. The second-order valence-corrected chi connectivity index (χ2v) is 5.70. The molecule has 0 aliphatic carbocycles. The first kappa shape index (κ1) is 12.3. The standard InChI is InChI=1S/C16H11BrN4/c17-14-3-1-2-13-12(14)6-7-19-16(13)21-15-8-11(18)5-4-10(15)9-20-21/h1-9H,18H2. The largest absolute Gasteiger partial charge is 0.399 e. The molecule has 4 rings (SSSR count). The van der Waals surface area contributed by atoms with Gasteiger partial charge in [-0.1, -0.05) is 28.1 Å². The predicted molar refractivity (Wildman–Crippen MR) is 88.5 cm³/mol. The molecule has 2 heterocycles. The van der Waals surface area contributed by atoms with Crippen molar-refractivity contribution in [2.75, 3.05) is 5.73 Å². The van der Waals surface area contributed by atoms with Crippen molar-refractivity contribution < 1.29 is 0 Å². The van der Waals surface area contributed by atoms with Gasteiger partial charge in [-0.25, -0.2) is 9.67 Å². The minimum absolute atomic E-state index is 0.714. The first-order valence-corrected chi connectivity index (χ1v) is 7.30. The van der Waals surface area contributed by atoms with E-state index in [0.717, 1.165) is 32.0 Å². The smallest absolute Gasteiger partial charge is 0.161 e. The number of rotatable bonds is 1. The maximum Gasteiger partial charge on any atom is 0.161 e. The Morgan fingerprint density at radius 3 is 2.86 bits per heavy atom. The summed E-state index contributed by atoms with van der Waals surface area (Å²) < 4.78 is 2.88. The van der Waals surface area contributed by atoms with Crippen LogP contribution in [0.4, 0.5) is 5.69 Å². The van der Waals surface area contributed by atoms with Gasteiger partial charge in [-0.3, -0.25) is 0 Å². The number of benzene rings is 2. The zero-order valence-electron chi connectivity index (χ0n) is 11.0. The van der Waals surface area contributed by atoms with Gasteiger partial charge in [0.1, 0.15) is 0 Å². The van der Waals surface area contributed by atoms with E-state index in [1.807, 2.05) is 53.3 Å². The molecule has 0 amide bonds. The fraction of sp³-hybridized carbons (Fsp3) is 0. The van der Waals surface area contributed by atoms with Gasteiger partial charge < -0.3 is 5.73 Å². The van der Waals surface area contributed by atoms with Crippen LogP contribution in [-0.2, 0) is 0 Å². The zero-order valence-corrected chi connectivity index (χ0v) is 12.6. The number of nitrogens with zero attached hydrogens (tertiary/aromatic N) is 3. The summed E-state index contributed by atoms with van der Waals surface area (Å²) in [4.78, 5) is 4.51. The number of nitrogens with two attached hydrogens (primary N) is 1. The van der Waals surface area contributed by atoms with Crippen LogP contribution in [0.25, 0.3) is 27.5 Å². The predicted octanol–water partition coefficient (Wildman–Crippen LogP) is 3.92. The van der Waals surface area contributed by atoms with Crippen molar-refractivity contribution in [2.24, 2.45) is 0 Å². The highest BCUT2D eigenvalue weighted by molar-refractivity contribution is 9.10. The number of pyridine rings is 1. The van der Waals surface area contributed by atoms with E-state index in [1.54, 1.807) is 6.20 Å². The van der Waals surface area contributed by atoms with Crippen molar-refractivity contribution in [1.29, 1.82) is 0 Å². The topological polar surface area (TPSA) is 56.7 Å². The Bertz CT molecular complexity index is 975. The second-order valence-electron chi connectivity index (χ2n) is 4.84. The summed E-state index contributed by atoms with van der Waals surface area (Å²) >= 11 is 3.58. The molecule has 0 atom stereocenters. The molecule has 0 saturated carbocycles. The Kier molecular flexibility index (Phi) is 2.68. The van der Waals surface area contributed by atoms with Crippen LogP contribution in [0.1, 0.15) is 0 Å². The van der Waals surface area contributed by atoms with Gasteiger partial charge in [0.15, 0.2) is 5.82 Å². The van der Waals surface area contributed by atoms with E-state index < -0.39 is 0 Å². The van der Waals surface area contributed by atoms with E-state index in [2.05, 4.69) is 26.0 Å². The minimum atomic E-state index is 0.714. The molecule has 21 heavy (non-hydrogen) atoms. The van der Waals surface area contributed by atoms with Crippen molar-refractivity contribution in [2.45, 2.75) is 0 Å². The van der Waals surface area contributed by atoms with E-state index >= 15 is 0 Å². The summed E-state index contributed by atoms with van der Waals surface area (Å²) in [5.74, 6) is 0.800. The van der Waals surface area contributed by atoms with Crippen molar-refractivity contribution in [1.82, 2.24) is 14.8 Å². The minimum Gasteiger partial charge on any atom is -0.399 e. The van der Waals surface area contributed by atoms with Crippen molar-refractivity contribution in [3.63, 3.8) is 0 Å². The Hall–Kier alpha value is -2.40. The number of hydrogen-bond acceptors (Lipinski definition) is 3. The summed E-state index contributed by atoms with van der Waals surface area (Å²) in [6.45, 7) is 0. The molecular formula is C16H11BrN4. The van der Waals surface area contributed by atoms with E-state index in [1.165, 1.54) is 0 Å². The van der Waals surface area contributed by atoms with Crippen LogP contribution in [0.2, 0.25) is 0 Å². The fourth-order valence-corrected chi connectivity index (χ4v) is 3.02. The molecule has 0 spiro atoms. The molecule has 4 nitrogen and oxygen atoms in total. The van der Waals surface area contributed by atoms with Crippen LogP contribution in [0, 0.1) is 0 Å². The Labute approximate surface area is 129 Å². The van der Waals surface area contributed by atoms with Gasteiger partial charge in [-0.05, 0) is 30.3 Å². The van der Waals surface area contributed by atoms with Crippen LogP contribution < -0.4 is 5.73 Å². The molecule has 2 aromatic carbocycles. The third kappa shape index (κ3) is 1.89. The molecule has 0 radical (unpaired) electrons. The third-order valence-electron chi connectivity index (χ3n) is 3.53. The highest BCUT2D eigenvalue weighted by Crippen LogP contribution is 2.28. The summed E-state index contributed by atoms with van der Waals surface area (Å²) in [7, 11) is 0. The number of nitrogen functional groups attached to an aromatic ring is 1. The van der Waals surface area contributed by atoms with E-state index in [-0.39, 0.29) is 0 Å². The maximum atomic E-state index is 5.90. The summed E-state index contributed by atoms with van der Waals surface area (Å²) in [6, 6.07) is 13.8. The highest BCUT2D eigenvalue weighted by atomic mass is 79.9. The molecule has 2 N–H and O–H groups in total. The summed E-state index contributed by atoms with van der Waals surface area (Å²) in [5, 5.41) is 7.66. The van der Waals surface area contributed by atoms with Crippen molar-refractivity contribution in [3.05, 3.63) is 59.3 Å². The van der Waals surface area contributed by atoms with Crippen LogP contribution >= 0.6 is 15.9 Å². The van der Waals surface area contributed by atoms with E-state index in [0.29, 0.717) is 5.69 Å². The Morgan fingerprint density at radius 1 is 1.05 bits per heavy atom. The van der Waals surface area contributed by atoms with Gasteiger partial charge in [0.2, 0.25) is 0 Å². The Balaban J connectivity index is 2.09. The van der Waals surface area contributed by atoms with Gasteiger partial charge in [0.25, 0.3) is 0 Å². The average molecular weight is 339 g/mol. The average Bonchev–Trinajstić information content (AvgIpc) is 2.90. The fourth-order valence-electron chi connectivity index (χ4n) is 2.53. The molecular weight excluding hydrogens is 328 g/mol. The van der Waals surface area contributed by atoms with Crippen LogP contribution in [0.15, 0.2) is 59.3 Å². The monoisotopic (exact) mass is 338 g/mol. The molecule has 2 aromatic heterocycles. The van der Waals surface area contributed by atoms with E-state index in [9.17, 15) is 0 Å².